The highest BCUT2D eigenvalue weighted by atomic mass is 79.9. The Kier molecular flexibility index (Phi) is 4.62. The number of benzene rings is 1. The molecule has 0 radical (unpaired) electrons. The van der Waals surface area contributed by atoms with Crippen LogP contribution in [0.4, 0.5) is 4.39 Å². The Morgan fingerprint density at radius 1 is 1.41 bits per heavy atom. The van der Waals surface area contributed by atoms with Crippen LogP contribution in [0.3, 0.4) is 0 Å². The van der Waals surface area contributed by atoms with E-state index in [9.17, 15) is 14.0 Å². The van der Waals surface area contributed by atoms with Gasteiger partial charge in [0.25, 0.3) is 5.91 Å². The molecule has 1 rings (SSSR count). The lowest BCUT2D eigenvalue weighted by Gasteiger charge is -2.12. The highest BCUT2D eigenvalue weighted by Crippen LogP contribution is 2.16. The van der Waals surface area contributed by atoms with Crippen molar-refractivity contribution in [2.24, 2.45) is 0 Å². The zero-order valence-corrected chi connectivity index (χ0v) is 11.0. The molecule has 0 aromatic heterocycles. The molecule has 2 N–H and O–H groups in total. The Morgan fingerprint density at radius 3 is 2.59 bits per heavy atom. The largest absolute Gasteiger partial charge is 0.357 e. The van der Waals surface area contributed by atoms with Crippen molar-refractivity contribution in [3.05, 3.63) is 34.1 Å². The number of likely N-dealkylation sites (N-methyl/N-ethyl adjacent to an activating group) is 1. The maximum atomic E-state index is 13.0. The number of rotatable bonds is 3. The van der Waals surface area contributed by atoms with Crippen LogP contribution >= 0.6 is 15.9 Å². The Balaban J connectivity index is 2.76. The fourth-order valence-corrected chi connectivity index (χ4v) is 1.58. The Labute approximate surface area is 107 Å². The molecule has 0 spiro atoms. The minimum absolute atomic E-state index is 0.206. The topological polar surface area (TPSA) is 58.2 Å². The summed E-state index contributed by atoms with van der Waals surface area (Å²) in [4.78, 5) is 22.9. The van der Waals surface area contributed by atoms with E-state index in [0.29, 0.717) is 0 Å². The summed E-state index contributed by atoms with van der Waals surface area (Å²) in [6.45, 7) is 1.56. The van der Waals surface area contributed by atoms with Crippen molar-refractivity contribution < 1.29 is 14.0 Å². The summed E-state index contributed by atoms with van der Waals surface area (Å²) >= 11 is 2.99. The minimum atomic E-state index is -0.642. The molecular formula is C11H12BrFN2O2. The highest BCUT2D eigenvalue weighted by Gasteiger charge is 2.15. The zero-order valence-electron chi connectivity index (χ0n) is 9.38. The van der Waals surface area contributed by atoms with Gasteiger partial charge < -0.3 is 10.6 Å². The Hall–Kier alpha value is -1.43. The van der Waals surface area contributed by atoms with Crippen LogP contribution in [-0.2, 0) is 4.79 Å². The molecule has 1 atom stereocenters. The number of carbonyl (C=O) groups excluding carboxylic acids is 2. The lowest BCUT2D eigenvalue weighted by molar-refractivity contribution is -0.122. The lowest BCUT2D eigenvalue weighted by Crippen LogP contribution is -2.43. The van der Waals surface area contributed by atoms with Crippen molar-refractivity contribution in [2.75, 3.05) is 7.05 Å². The molecule has 0 saturated carbocycles. The van der Waals surface area contributed by atoms with Crippen LogP contribution in [-0.4, -0.2) is 24.9 Å². The van der Waals surface area contributed by atoms with Gasteiger partial charge in [0.1, 0.15) is 11.9 Å². The van der Waals surface area contributed by atoms with E-state index in [1.807, 2.05) is 0 Å². The molecule has 0 fully saturated rings. The zero-order chi connectivity index (χ0) is 13.0. The average Bonchev–Trinajstić information content (AvgIpc) is 2.31. The maximum Gasteiger partial charge on any atom is 0.251 e. The van der Waals surface area contributed by atoms with Gasteiger partial charge in [-0.1, -0.05) is 0 Å². The molecule has 92 valence electrons. The summed E-state index contributed by atoms with van der Waals surface area (Å²) in [6, 6.07) is 3.26. The van der Waals surface area contributed by atoms with E-state index >= 15 is 0 Å². The number of carbonyl (C=O) groups is 2. The van der Waals surface area contributed by atoms with Gasteiger partial charge >= 0.3 is 0 Å². The van der Waals surface area contributed by atoms with Gasteiger partial charge in [0.2, 0.25) is 5.91 Å². The monoisotopic (exact) mass is 302 g/mol. The summed E-state index contributed by atoms with van der Waals surface area (Å²) in [5.74, 6) is -1.16. The van der Waals surface area contributed by atoms with Gasteiger partial charge in [0.05, 0.1) is 4.47 Å². The predicted octanol–water partition coefficient (Wildman–Crippen LogP) is 1.45. The third-order valence-corrected chi connectivity index (χ3v) is 2.78. The molecule has 0 saturated heterocycles. The summed E-state index contributed by atoms with van der Waals surface area (Å²) in [6.07, 6.45) is 0. The summed E-state index contributed by atoms with van der Waals surface area (Å²) in [7, 11) is 1.49. The van der Waals surface area contributed by atoms with Crippen molar-refractivity contribution in [2.45, 2.75) is 13.0 Å². The second-order valence-corrected chi connectivity index (χ2v) is 4.29. The highest BCUT2D eigenvalue weighted by molar-refractivity contribution is 9.10. The third-order valence-electron chi connectivity index (χ3n) is 2.17. The number of amides is 2. The lowest BCUT2D eigenvalue weighted by atomic mass is 10.2. The molecule has 0 aliphatic rings. The van der Waals surface area contributed by atoms with Gasteiger partial charge in [-0.05, 0) is 41.1 Å². The number of halogens is 2. The first-order valence-corrected chi connectivity index (χ1v) is 5.72. The van der Waals surface area contributed by atoms with Gasteiger partial charge in [-0.2, -0.15) is 0 Å². The van der Waals surface area contributed by atoms with Gasteiger partial charge in [-0.25, -0.2) is 4.39 Å². The molecule has 6 heteroatoms. The molecule has 1 aromatic rings. The summed E-state index contributed by atoms with van der Waals surface area (Å²) in [5.41, 5.74) is 0.286. The smallest absolute Gasteiger partial charge is 0.251 e. The molecule has 17 heavy (non-hydrogen) atoms. The molecule has 4 nitrogen and oxygen atoms in total. The molecule has 0 aliphatic carbocycles. The first-order chi connectivity index (χ1) is 7.95. The van der Waals surface area contributed by atoms with Gasteiger partial charge in [0, 0.05) is 12.6 Å². The second kappa shape index (κ2) is 5.77. The third kappa shape index (κ3) is 3.52. The molecular weight excluding hydrogens is 291 g/mol. The van der Waals surface area contributed by atoms with Crippen molar-refractivity contribution in [3.63, 3.8) is 0 Å². The fourth-order valence-electron chi connectivity index (χ4n) is 1.20. The van der Waals surface area contributed by atoms with Crippen LogP contribution in [0.25, 0.3) is 0 Å². The second-order valence-electron chi connectivity index (χ2n) is 3.44. The maximum absolute atomic E-state index is 13.0. The molecule has 2 amide bonds. The van der Waals surface area contributed by atoms with E-state index in [2.05, 4.69) is 26.6 Å². The fraction of sp³-hybridized carbons (Fsp3) is 0.273. The summed E-state index contributed by atoms with van der Waals surface area (Å²) < 4.78 is 13.2. The van der Waals surface area contributed by atoms with Crippen molar-refractivity contribution >= 4 is 27.7 Å². The quantitative estimate of drug-likeness (QED) is 0.888. The first kappa shape index (κ1) is 13.6. The van der Waals surface area contributed by atoms with Crippen LogP contribution in [0.2, 0.25) is 0 Å². The van der Waals surface area contributed by atoms with Gasteiger partial charge in [-0.15, -0.1) is 0 Å². The molecule has 0 bridgehead atoms. The molecule has 1 aromatic carbocycles. The molecule has 0 heterocycles. The van der Waals surface area contributed by atoms with E-state index < -0.39 is 17.8 Å². The number of hydrogen-bond acceptors (Lipinski definition) is 2. The van der Waals surface area contributed by atoms with E-state index in [0.717, 1.165) is 0 Å². The first-order valence-electron chi connectivity index (χ1n) is 4.93. The predicted molar refractivity (Wildman–Crippen MR) is 65.1 cm³/mol. The number of nitrogens with one attached hydrogen (secondary N) is 2. The van der Waals surface area contributed by atoms with Crippen LogP contribution in [0.1, 0.15) is 17.3 Å². The summed E-state index contributed by atoms with van der Waals surface area (Å²) in [5, 5.41) is 4.92. The Morgan fingerprint density at radius 2 is 2.06 bits per heavy atom. The van der Waals surface area contributed by atoms with E-state index in [-0.39, 0.29) is 15.9 Å². The molecule has 0 aliphatic heterocycles. The van der Waals surface area contributed by atoms with Crippen molar-refractivity contribution in [1.82, 2.24) is 10.6 Å². The van der Waals surface area contributed by atoms with Crippen LogP contribution in [0, 0.1) is 5.82 Å². The van der Waals surface area contributed by atoms with Gasteiger partial charge in [0.15, 0.2) is 0 Å². The van der Waals surface area contributed by atoms with Crippen LogP contribution in [0.5, 0.6) is 0 Å². The van der Waals surface area contributed by atoms with Crippen LogP contribution < -0.4 is 10.6 Å². The normalized spacial score (nSPS) is 11.8. The SMILES string of the molecule is CNC(=O)C(C)NC(=O)c1ccc(F)c(Br)c1. The minimum Gasteiger partial charge on any atom is -0.357 e. The van der Waals surface area contributed by atoms with Gasteiger partial charge in [-0.3, -0.25) is 9.59 Å². The van der Waals surface area contributed by atoms with E-state index in [1.54, 1.807) is 6.92 Å². The molecule has 1 unspecified atom stereocenters. The average molecular weight is 303 g/mol. The standard InChI is InChI=1S/C11H12BrFN2O2/c1-6(10(16)14-2)15-11(17)7-3-4-9(13)8(12)5-7/h3-6H,1-2H3,(H,14,16)(H,15,17). The number of hydrogen-bond donors (Lipinski definition) is 2. The van der Waals surface area contributed by atoms with Crippen LogP contribution in [0.15, 0.2) is 22.7 Å². The van der Waals surface area contributed by atoms with E-state index in [4.69, 9.17) is 0 Å². The Bertz CT molecular complexity index is 451. The van der Waals surface area contributed by atoms with Crippen molar-refractivity contribution in [3.8, 4) is 0 Å². The van der Waals surface area contributed by atoms with Crippen molar-refractivity contribution in [1.29, 1.82) is 0 Å². The van der Waals surface area contributed by atoms with E-state index in [1.165, 1.54) is 25.2 Å².